The largest absolute Gasteiger partial charge is 0.527 e. The molecule has 0 atom stereocenters. The number of aromatic nitrogens is 2. The lowest BCUT2D eigenvalue weighted by atomic mass is 9.82. The zero-order valence-electron chi connectivity index (χ0n) is 53.3. The number of carbonyl (C=O) groups is 2. The van der Waals surface area contributed by atoms with Crippen molar-refractivity contribution in [3.05, 3.63) is 359 Å². The van der Waals surface area contributed by atoms with E-state index in [0.29, 0.717) is 57.9 Å². The summed E-state index contributed by atoms with van der Waals surface area (Å²) >= 11 is 0. The summed E-state index contributed by atoms with van der Waals surface area (Å²) < 4.78 is 4.16. The maximum atomic E-state index is 11.9. The molecular weight excluding hydrogens is 1160 g/mol. The molecule has 11 aromatic rings. The van der Waals surface area contributed by atoms with Gasteiger partial charge in [0, 0.05) is 76.2 Å². The van der Waals surface area contributed by atoms with Crippen molar-refractivity contribution in [2.45, 2.75) is 47.0 Å². The molecule has 458 valence electrons. The van der Waals surface area contributed by atoms with Crippen LogP contribution in [0.15, 0.2) is 264 Å². The van der Waals surface area contributed by atoms with Crippen molar-refractivity contribution in [1.29, 1.82) is 10.5 Å². The van der Waals surface area contributed by atoms with Gasteiger partial charge in [0.05, 0.1) is 29.5 Å². The summed E-state index contributed by atoms with van der Waals surface area (Å²) in [5, 5.41) is 35.4. The fourth-order valence-corrected chi connectivity index (χ4v) is 10.7. The number of pyridine rings is 2. The highest BCUT2D eigenvalue weighted by molar-refractivity contribution is 6.19. The highest BCUT2D eigenvalue weighted by Gasteiger charge is 2.27. The van der Waals surface area contributed by atoms with Gasteiger partial charge in [0.2, 0.25) is 0 Å². The van der Waals surface area contributed by atoms with Crippen LogP contribution in [-0.4, -0.2) is 16.7 Å². The number of aryl methyl sites for hydroxylation is 4. The zero-order chi connectivity index (χ0) is 68.3. The van der Waals surface area contributed by atoms with Gasteiger partial charge < -0.3 is 5.11 Å². The molecule has 2 aromatic heterocycles. The van der Waals surface area contributed by atoms with E-state index in [1.54, 1.807) is 30.3 Å². The first-order valence-electron chi connectivity index (χ1n) is 29.6. The van der Waals surface area contributed by atoms with E-state index in [0.717, 1.165) is 55.2 Å². The maximum Gasteiger partial charge on any atom is 0.527 e. The first kappa shape index (κ1) is 68.7. The molecule has 0 spiro atoms. The average molecular weight is 1230 g/mol. The van der Waals surface area contributed by atoms with Gasteiger partial charge >= 0.3 is 5.82 Å². The lowest BCUT2D eigenvalue weighted by Gasteiger charge is -2.20. The van der Waals surface area contributed by atoms with Gasteiger partial charge in [-0.15, -0.1) is 6.58 Å². The van der Waals surface area contributed by atoms with Crippen LogP contribution in [0, 0.1) is 56.2 Å². The predicted molar refractivity (Wildman–Crippen MR) is 378 cm³/mol. The summed E-state index contributed by atoms with van der Waals surface area (Å²) in [4.78, 5) is 56.5. The van der Waals surface area contributed by atoms with Crippen LogP contribution in [0.4, 0.5) is 0 Å². The lowest BCUT2D eigenvalue weighted by Crippen LogP contribution is -2.37. The second-order valence-corrected chi connectivity index (χ2v) is 22.5. The molecule has 0 aliphatic heterocycles. The first-order chi connectivity index (χ1) is 45.1. The number of allylic oxidation sites excluding steroid dienone is 6. The Bertz CT molecular complexity index is 5200. The molecule has 3 aliphatic carbocycles. The van der Waals surface area contributed by atoms with Crippen molar-refractivity contribution in [2.24, 2.45) is 14.1 Å². The Hall–Kier alpha value is -12.8. The SMILES string of the molecule is C=C(C)C.C=C1Cc2c(O)cccc2C1=O.C=C1Cc2cccc3cccc(c23)C1=O.C=c1c(=O)c2cccc3cccc(c1=O)c32.Cc1c2ccccc2cc[n+]1C.Cc1cc[n+](C)cc1.[C-]#[N+]C([N+]#[C-])=C1C(=C)Cc2cccc3cccc1c23.[C-]#[N+]C=C(C#N)C#N. The van der Waals surface area contributed by atoms with Gasteiger partial charge in [0.25, 0.3) is 0 Å². The fourth-order valence-electron chi connectivity index (χ4n) is 10.7. The molecular formula is C82H67N7O5+2. The molecule has 12 nitrogen and oxygen atoms in total. The van der Waals surface area contributed by atoms with Crippen LogP contribution >= 0.6 is 0 Å². The lowest BCUT2D eigenvalue weighted by molar-refractivity contribution is -0.676. The van der Waals surface area contributed by atoms with E-state index in [2.05, 4.69) is 146 Å². The van der Waals surface area contributed by atoms with Gasteiger partial charge in [0.15, 0.2) is 52.9 Å². The van der Waals surface area contributed by atoms with Crippen LogP contribution in [0.1, 0.15) is 68.1 Å². The average Bonchev–Trinajstić information content (AvgIpc) is 1.03. The van der Waals surface area contributed by atoms with E-state index in [4.69, 9.17) is 30.2 Å². The normalized spacial score (nSPS) is 11.6. The van der Waals surface area contributed by atoms with Gasteiger partial charge in [-0.3, -0.25) is 19.2 Å². The number of nitriles is 2. The Morgan fingerprint density at radius 2 is 0.968 bits per heavy atom. The Kier molecular flexibility index (Phi) is 23.1. The van der Waals surface area contributed by atoms with Gasteiger partial charge in [-0.1, -0.05) is 171 Å². The Morgan fingerprint density at radius 1 is 0.532 bits per heavy atom. The second kappa shape index (κ2) is 31.6. The number of ketones is 2. The van der Waals surface area contributed by atoms with Crippen LogP contribution in [0.3, 0.4) is 0 Å². The van der Waals surface area contributed by atoms with E-state index in [1.807, 2.05) is 111 Å². The number of hydrogen-bond donors (Lipinski definition) is 1. The molecule has 1 N–H and O–H groups in total. The molecule has 14 rings (SSSR count). The van der Waals surface area contributed by atoms with Crippen LogP contribution in [-0.2, 0) is 33.4 Å². The number of fused-ring (bicyclic) bond motifs is 2. The maximum absolute atomic E-state index is 11.9. The quantitative estimate of drug-likeness (QED) is 0.0521. The van der Waals surface area contributed by atoms with Gasteiger partial charge in [0.1, 0.15) is 38.6 Å². The van der Waals surface area contributed by atoms with Gasteiger partial charge in [-0.25, -0.2) is 14.0 Å². The third-order valence-corrected chi connectivity index (χ3v) is 15.4. The van der Waals surface area contributed by atoms with E-state index in [9.17, 15) is 24.3 Å². The molecule has 94 heavy (non-hydrogen) atoms. The third-order valence-electron chi connectivity index (χ3n) is 15.4. The van der Waals surface area contributed by atoms with Gasteiger partial charge in [-0.2, -0.15) is 20.2 Å². The van der Waals surface area contributed by atoms with E-state index in [1.165, 1.54) is 50.9 Å². The number of phenols is 1. The number of hydrogen-bond acceptors (Lipinski definition) is 7. The molecule has 3 aliphatic rings. The fraction of sp³-hybridized carbons (Fsp3) is 0.110. The van der Waals surface area contributed by atoms with Crippen LogP contribution in [0.25, 0.3) is 80.5 Å². The number of phenolic OH excluding ortho intramolecular Hbond substituents is 1. The predicted octanol–water partition coefficient (Wildman–Crippen LogP) is 15.8. The van der Waals surface area contributed by atoms with E-state index in [-0.39, 0.29) is 44.8 Å². The van der Waals surface area contributed by atoms with Crippen molar-refractivity contribution >= 4 is 77.6 Å². The molecule has 0 radical (unpaired) electrons. The van der Waals surface area contributed by atoms with Gasteiger partial charge in [-0.05, 0) is 111 Å². The minimum atomic E-state index is -0.255. The van der Waals surface area contributed by atoms with Crippen molar-refractivity contribution in [3.8, 4) is 17.9 Å². The van der Waals surface area contributed by atoms with Crippen molar-refractivity contribution in [2.75, 3.05) is 0 Å². The molecule has 0 fully saturated rings. The molecule has 0 saturated carbocycles. The summed E-state index contributed by atoms with van der Waals surface area (Å²) in [7, 11) is 4.08. The summed E-state index contributed by atoms with van der Waals surface area (Å²) in [6.45, 7) is 47.3. The summed E-state index contributed by atoms with van der Waals surface area (Å²) in [5.41, 5.74) is 11.5. The zero-order valence-corrected chi connectivity index (χ0v) is 53.3. The van der Waals surface area contributed by atoms with Crippen molar-refractivity contribution < 1.29 is 23.8 Å². The molecule has 12 heteroatoms. The number of benzene rings is 9. The van der Waals surface area contributed by atoms with Crippen LogP contribution in [0.2, 0.25) is 0 Å². The molecule has 2 heterocycles. The highest BCUT2D eigenvalue weighted by atomic mass is 16.3. The van der Waals surface area contributed by atoms with Crippen molar-refractivity contribution in [1.82, 2.24) is 0 Å². The smallest absolute Gasteiger partial charge is 0.508 e. The first-order valence-corrected chi connectivity index (χ1v) is 29.6. The Balaban J connectivity index is 0.000000156. The molecule has 0 amide bonds. The monoisotopic (exact) mass is 1230 g/mol. The molecule has 9 aromatic carbocycles. The summed E-state index contributed by atoms with van der Waals surface area (Å²) in [5.74, 6) is 0.367. The minimum absolute atomic E-state index is 0.0408. The number of aromatic hydroxyl groups is 1. The summed E-state index contributed by atoms with van der Waals surface area (Å²) in [6, 6.07) is 57.9. The minimum Gasteiger partial charge on any atom is -0.508 e. The Morgan fingerprint density at radius 3 is 1.48 bits per heavy atom. The number of carbonyl (C=O) groups excluding carboxylic acids is 2. The molecule has 0 saturated heterocycles. The third kappa shape index (κ3) is 16.0. The number of Topliss-reactive ketones (excluding diaryl/α,β-unsaturated/α-hetero) is 2. The molecule has 0 unspecified atom stereocenters. The molecule has 0 bridgehead atoms. The topological polar surface area (TPSA) is 157 Å². The second-order valence-electron chi connectivity index (χ2n) is 22.5. The van der Waals surface area contributed by atoms with E-state index >= 15 is 0 Å². The summed E-state index contributed by atoms with van der Waals surface area (Å²) in [6.07, 6.45) is 8.94. The standard InChI is InChI=1S/C17H10N2.C14H8O2.C14H10O.C11H12N.C10H8O2.C7H10N.C5HN3.C4H8/c1-11-10-13-8-4-6-12-7-5-9-14(16(12)13)15(11)17(18-2)19-3;1-8-13(15)10-6-2-4-9-5-3-7-11(12(9)10)14(8)16;1-9-8-11-6-2-4-10-5-3-7-12(13(10)11)14(9)15;1-9-11-6-4-3-5-10(11)7-8-12(9)2;1-6-5-8-7(10(6)12)3-2-4-9(8)11;1-7-3-5-8(2)6-4-7;1-8-4-5(2-6)3-7;1-4(2)3/h4-9H,1,10H2;2-7H,1H2;2-7H,1,8H2;3-8H,1-2H3;2-4,11H,1,5H2;3-6H,1-2H3;4H;1H2,2-3H3/q;;;+1;;+1;;. The Labute approximate surface area is 547 Å². The van der Waals surface area contributed by atoms with Crippen LogP contribution < -0.4 is 25.2 Å². The highest BCUT2D eigenvalue weighted by Crippen LogP contribution is 2.41. The van der Waals surface area contributed by atoms with Crippen LogP contribution in [0.5, 0.6) is 5.75 Å². The number of nitrogens with zero attached hydrogens (tertiary/aromatic N) is 7. The number of rotatable bonds is 0. The van der Waals surface area contributed by atoms with E-state index < -0.39 is 0 Å². The van der Waals surface area contributed by atoms with Crippen molar-refractivity contribution in [3.63, 3.8) is 0 Å².